The van der Waals surface area contributed by atoms with Crippen molar-refractivity contribution in [3.05, 3.63) is 41.7 Å². The molecule has 3 atom stereocenters. The third kappa shape index (κ3) is 2.85. The molecule has 0 aliphatic carbocycles. The van der Waals surface area contributed by atoms with Gasteiger partial charge in [0, 0.05) is 37.8 Å². The zero-order valence-electron chi connectivity index (χ0n) is 15.2. The molecular formula is C19H23N5O3. The van der Waals surface area contributed by atoms with Crippen molar-refractivity contribution in [2.45, 2.75) is 32.0 Å². The van der Waals surface area contributed by atoms with Crippen LogP contribution in [0.1, 0.15) is 35.3 Å². The van der Waals surface area contributed by atoms with Crippen LogP contribution in [0.25, 0.3) is 0 Å². The first-order valence-corrected chi connectivity index (χ1v) is 9.45. The lowest BCUT2D eigenvalue weighted by atomic mass is 9.85. The van der Waals surface area contributed by atoms with Gasteiger partial charge in [0.2, 0.25) is 6.79 Å². The van der Waals surface area contributed by atoms with Gasteiger partial charge in [0.25, 0.3) is 5.91 Å². The van der Waals surface area contributed by atoms with Crippen LogP contribution in [-0.2, 0) is 6.54 Å². The molecule has 3 unspecified atom stereocenters. The highest BCUT2D eigenvalue weighted by molar-refractivity contribution is 5.93. The number of amides is 1. The van der Waals surface area contributed by atoms with Gasteiger partial charge in [-0.15, -0.1) is 0 Å². The van der Waals surface area contributed by atoms with Crippen LogP contribution in [0.15, 0.2) is 30.6 Å². The highest BCUT2D eigenvalue weighted by Gasteiger charge is 2.42. The Balaban J connectivity index is 1.35. The Hall–Kier alpha value is -2.58. The average Bonchev–Trinajstić information content (AvgIpc) is 3.44. The van der Waals surface area contributed by atoms with Crippen LogP contribution in [-0.4, -0.2) is 46.5 Å². The zero-order valence-corrected chi connectivity index (χ0v) is 15.2. The molecule has 0 radical (unpaired) electrons. The van der Waals surface area contributed by atoms with Crippen molar-refractivity contribution in [1.82, 2.24) is 25.5 Å². The van der Waals surface area contributed by atoms with E-state index >= 15 is 0 Å². The van der Waals surface area contributed by atoms with Gasteiger partial charge in [0.05, 0.1) is 17.8 Å². The Kier molecular flexibility index (Phi) is 4.02. The minimum absolute atomic E-state index is 0.0597. The van der Waals surface area contributed by atoms with Crippen molar-refractivity contribution in [3.8, 4) is 11.5 Å². The molecule has 2 N–H and O–H groups in total. The lowest BCUT2D eigenvalue weighted by Crippen LogP contribution is -2.47. The number of benzene rings is 1. The summed E-state index contributed by atoms with van der Waals surface area (Å²) < 4.78 is 12.7. The predicted octanol–water partition coefficient (Wildman–Crippen LogP) is 1.31. The number of nitrogens with one attached hydrogen (secondary N) is 2. The van der Waals surface area contributed by atoms with Crippen molar-refractivity contribution < 1.29 is 14.3 Å². The molecule has 0 saturated carbocycles. The summed E-state index contributed by atoms with van der Waals surface area (Å²) in [4.78, 5) is 14.9. The summed E-state index contributed by atoms with van der Waals surface area (Å²) in [5.41, 5.74) is 8.64. The monoisotopic (exact) mass is 369 g/mol. The van der Waals surface area contributed by atoms with Gasteiger partial charge in [0.1, 0.15) is 0 Å². The highest BCUT2D eigenvalue weighted by Crippen LogP contribution is 2.39. The molecule has 1 aromatic carbocycles. The standard InChI is InChI=1S/C19H23N5O3/c1-2-24-9-13(8-20-24)19(25)23-6-5-15-14(10-23)18(22-21-15)12-3-4-16-17(7-12)27-11-26-16/h3-4,7-9,14-15,18,21-22H,2,5-6,10-11H2,1H3. The maximum Gasteiger partial charge on any atom is 0.257 e. The van der Waals surface area contributed by atoms with Gasteiger partial charge in [-0.3, -0.25) is 14.9 Å². The number of aryl methyl sites for hydroxylation is 1. The molecule has 8 heteroatoms. The Morgan fingerprint density at radius 1 is 1.30 bits per heavy atom. The van der Waals surface area contributed by atoms with E-state index in [2.05, 4.69) is 22.0 Å². The van der Waals surface area contributed by atoms with Crippen LogP contribution in [0.5, 0.6) is 11.5 Å². The SMILES string of the molecule is CCn1cc(C(=O)N2CCC3NNC(c4ccc5c(c4)OCO5)C3C2)cn1. The van der Waals surface area contributed by atoms with E-state index in [1.807, 2.05) is 30.2 Å². The molecule has 4 heterocycles. The number of rotatable bonds is 3. The van der Waals surface area contributed by atoms with Gasteiger partial charge in [-0.25, -0.2) is 5.43 Å². The molecule has 142 valence electrons. The van der Waals surface area contributed by atoms with E-state index in [4.69, 9.17) is 9.47 Å². The first-order valence-electron chi connectivity index (χ1n) is 9.45. The fraction of sp³-hybridized carbons (Fsp3) is 0.474. The third-order valence-corrected chi connectivity index (χ3v) is 5.76. The Morgan fingerprint density at radius 3 is 3.04 bits per heavy atom. The minimum atomic E-state index is 0.0597. The molecule has 1 amide bonds. The summed E-state index contributed by atoms with van der Waals surface area (Å²) in [5, 5.41) is 4.23. The first-order chi connectivity index (χ1) is 13.2. The van der Waals surface area contributed by atoms with E-state index in [-0.39, 0.29) is 18.7 Å². The number of hydrogen-bond acceptors (Lipinski definition) is 6. The van der Waals surface area contributed by atoms with Gasteiger partial charge >= 0.3 is 0 Å². The predicted molar refractivity (Wildman–Crippen MR) is 97.3 cm³/mol. The Morgan fingerprint density at radius 2 is 2.19 bits per heavy atom. The topological polar surface area (TPSA) is 80.7 Å². The molecule has 5 rings (SSSR count). The van der Waals surface area contributed by atoms with Crippen LogP contribution in [0.3, 0.4) is 0 Å². The molecule has 3 aliphatic rings. The molecule has 8 nitrogen and oxygen atoms in total. The van der Waals surface area contributed by atoms with Gasteiger partial charge < -0.3 is 14.4 Å². The average molecular weight is 369 g/mol. The second-order valence-corrected chi connectivity index (χ2v) is 7.27. The van der Waals surface area contributed by atoms with E-state index < -0.39 is 0 Å². The summed E-state index contributed by atoms with van der Waals surface area (Å²) in [6.07, 6.45) is 4.42. The highest BCUT2D eigenvalue weighted by atomic mass is 16.7. The maximum absolute atomic E-state index is 12.9. The number of likely N-dealkylation sites (tertiary alicyclic amines) is 1. The third-order valence-electron chi connectivity index (χ3n) is 5.76. The number of hydrazine groups is 1. The minimum Gasteiger partial charge on any atom is -0.454 e. The van der Waals surface area contributed by atoms with Crippen molar-refractivity contribution in [2.24, 2.45) is 5.92 Å². The fourth-order valence-corrected chi connectivity index (χ4v) is 4.25. The van der Waals surface area contributed by atoms with Crippen LogP contribution in [0, 0.1) is 5.92 Å². The number of aromatic nitrogens is 2. The van der Waals surface area contributed by atoms with Crippen molar-refractivity contribution in [3.63, 3.8) is 0 Å². The summed E-state index contributed by atoms with van der Waals surface area (Å²) in [6, 6.07) is 6.54. The number of hydrogen-bond donors (Lipinski definition) is 2. The number of nitrogens with zero attached hydrogens (tertiary/aromatic N) is 3. The lowest BCUT2D eigenvalue weighted by Gasteiger charge is -2.36. The van der Waals surface area contributed by atoms with E-state index in [0.29, 0.717) is 24.1 Å². The summed E-state index contributed by atoms with van der Waals surface area (Å²) in [5.74, 6) is 1.93. The molecular weight excluding hydrogens is 346 g/mol. The van der Waals surface area contributed by atoms with Crippen LogP contribution in [0.4, 0.5) is 0 Å². The van der Waals surface area contributed by atoms with E-state index in [1.54, 1.807) is 10.9 Å². The normalized spacial score (nSPS) is 26.3. The van der Waals surface area contributed by atoms with E-state index in [9.17, 15) is 4.79 Å². The molecule has 0 spiro atoms. The largest absolute Gasteiger partial charge is 0.454 e. The fourth-order valence-electron chi connectivity index (χ4n) is 4.25. The second kappa shape index (κ2) is 6.54. The van der Waals surface area contributed by atoms with Crippen molar-refractivity contribution >= 4 is 5.91 Å². The molecule has 27 heavy (non-hydrogen) atoms. The van der Waals surface area contributed by atoms with E-state index in [1.165, 1.54) is 0 Å². The van der Waals surface area contributed by atoms with Gasteiger partial charge in [-0.1, -0.05) is 6.07 Å². The van der Waals surface area contributed by atoms with E-state index in [0.717, 1.165) is 36.6 Å². The molecule has 0 bridgehead atoms. The maximum atomic E-state index is 12.9. The number of fused-ring (bicyclic) bond motifs is 2. The van der Waals surface area contributed by atoms with Crippen molar-refractivity contribution in [2.75, 3.05) is 19.9 Å². The van der Waals surface area contributed by atoms with Gasteiger partial charge in [-0.05, 0) is 31.0 Å². The van der Waals surface area contributed by atoms with Crippen molar-refractivity contribution in [1.29, 1.82) is 0 Å². The molecule has 2 saturated heterocycles. The summed E-state index contributed by atoms with van der Waals surface area (Å²) in [7, 11) is 0. The zero-order chi connectivity index (χ0) is 18.4. The van der Waals surface area contributed by atoms with Crippen LogP contribution >= 0.6 is 0 Å². The van der Waals surface area contributed by atoms with Gasteiger partial charge in [0.15, 0.2) is 11.5 Å². The Labute approximate surface area is 157 Å². The quantitative estimate of drug-likeness (QED) is 0.849. The van der Waals surface area contributed by atoms with Crippen LogP contribution < -0.4 is 20.3 Å². The molecule has 3 aliphatic heterocycles. The first kappa shape index (κ1) is 16.6. The number of ether oxygens (including phenoxy) is 2. The Bertz CT molecular complexity index is 867. The number of piperidine rings is 1. The lowest BCUT2D eigenvalue weighted by molar-refractivity contribution is 0.0652. The summed E-state index contributed by atoms with van der Waals surface area (Å²) >= 11 is 0. The molecule has 1 aromatic heterocycles. The second-order valence-electron chi connectivity index (χ2n) is 7.27. The number of carbonyl (C=O) groups is 1. The van der Waals surface area contributed by atoms with Crippen LogP contribution in [0.2, 0.25) is 0 Å². The molecule has 2 fully saturated rings. The number of carbonyl (C=O) groups excluding carboxylic acids is 1. The summed E-state index contributed by atoms with van der Waals surface area (Å²) in [6.45, 7) is 4.51. The molecule has 2 aromatic rings. The van der Waals surface area contributed by atoms with Gasteiger partial charge in [-0.2, -0.15) is 5.10 Å². The smallest absolute Gasteiger partial charge is 0.257 e.